The van der Waals surface area contributed by atoms with Crippen molar-refractivity contribution in [2.75, 3.05) is 13.7 Å². The molecular weight excluding hydrogens is 337 g/mol. The fourth-order valence-corrected chi connectivity index (χ4v) is 2.61. The minimum absolute atomic E-state index is 0.198. The highest BCUT2D eigenvalue weighted by Gasteiger charge is 2.24. The van der Waals surface area contributed by atoms with Crippen LogP contribution in [0.3, 0.4) is 0 Å². The first-order chi connectivity index (χ1) is 10.1. The van der Waals surface area contributed by atoms with Crippen molar-refractivity contribution >= 4 is 15.9 Å². The predicted molar refractivity (Wildman–Crippen MR) is 83.8 cm³/mol. The number of methoxy groups -OCH3 is 1. The molecule has 0 aliphatic carbocycles. The number of nitrogens with two attached hydrogens (primary N) is 1. The molecule has 0 saturated carbocycles. The van der Waals surface area contributed by atoms with Gasteiger partial charge in [0.25, 0.3) is 0 Å². The minimum atomic E-state index is -1.02. The van der Waals surface area contributed by atoms with Crippen molar-refractivity contribution < 1.29 is 14.2 Å². The van der Waals surface area contributed by atoms with Crippen LogP contribution in [-0.4, -0.2) is 18.8 Å². The summed E-state index contributed by atoms with van der Waals surface area (Å²) in [6.45, 7) is 0.198. The van der Waals surface area contributed by atoms with Crippen molar-refractivity contribution in [3.8, 4) is 5.75 Å². The van der Waals surface area contributed by atoms with Gasteiger partial charge in [-0.15, -0.1) is 0 Å². The molecule has 0 bridgehead atoms. The molecule has 2 aromatic carbocycles. The maximum absolute atomic E-state index is 14.0. The van der Waals surface area contributed by atoms with E-state index < -0.39 is 17.8 Å². The number of aliphatic hydroxyl groups excluding tert-OH is 1. The third-order valence-corrected chi connectivity index (χ3v) is 3.93. The molecule has 0 radical (unpaired) electrons. The number of ether oxygens (including phenoxy) is 1. The second-order valence-electron chi connectivity index (χ2n) is 4.73. The molecule has 2 rings (SSSR count). The minimum Gasteiger partial charge on any atom is -0.497 e. The van der Waals surface area contributed by atoms with Gasteiger partial charge in [-0.2, -0.15) is 0 Å². The molecular formula is C16H17BrFNO2. The average molecular weight is 354 g/mol. The van der Waals surface area contributed by atoms with E-state index in [1.54, 1.807) is 25.3 Å². The van der Waals surface area contributed by atoms with E-state index in [0.717, 1.165) is 5.56 Å². The first-order valence-corrected chi connectivity index (χ1v) is 7.33. The van der Waals surface area contributed by atoms with Crippen molar-refractivity contribution in [1.29, 1.82) is 0 Å². The summed E-state index contributed by atoms with van der Waals surface area (Å²) in [7, 11) is 1.57. The number of halogens is 2. The Kier molecular flexibility index (Phi) is 5.33. The number of hydrogen-bond donors (Lipinski definition) is 2. The van der Waals surface area contributed by atoms with Crippen LogP contribution in [0, 0.1) is 5.82 Å². The van der Waals surface area contributed by atoms with Crippen LogP contribution in [0.1, 0.15) is 23.1 Å². The summed E-state index contributed by atoms with van der Waals surface area (Å²) in [5.74, 6) is -0.191. The number of hydrogen-bond acceptors (Lipinski definition) is 3. The second kappa shape index (κ2) is 7.02. The zero-order chi connectivity index (χ0) is 15.4. The lowest BCUT2D eigenvalue weighted by Gasteiger charge is -2.23. The molecule has 112 valence electrons. The molecule has 0 amide bonds. The van der Waals surface area contributed by atoms with Crippen LogP contribution < -0.4 is 10.5 Å². The standard InChI is InChI=1S/C16H17BrFNO2/c1-21-12-4-2-3-10(7-12)14(9-19)16(20)13-6-5-11(17)8-15(13)18/h2-8,14,16,20H,9,19H2,1H3. The van der Waals surface area contributed by atoms with E-state index in [1.165, 1.54) is 6.07 Å². The number of aliphatic hydroxyl groups is 1. The summed E-state index contributed by atoms with van der Waals surface area (Å²) < 4.78 is 19.8. The Morgan fingerprint density at radius 1 is 1.29 bits per heavy atom. The van der Waals surface area contributed by atoms with Crippen LogP contribution in [0.25, 0.3) is 0 Å². The van der Waals surface area contributed by atoms with Crippen LogP contribution in [0.5, 0.6) is 5.75 Å². The lowest BCUT2D eigenvalue weighted by molar-refractivity contribution is 0.143. The molecule has 0 saturated heterocycles. The van der Waals surface area contributed by atoms with E-state index in [4.69, 9.17) is 10.5 Å². The van der Waals surface area contributed by atoms with Gasteiger partial charge < -0.3 is 15.6 Å². The quantitative estimate of drug-likeness (QED) is 0.866. The van der Waals surface area contributed by atoms with Gasteiger partial charge >= 0.3 is 0 Å². The smallest absolute Gasteiger partial charge is 0.130 e. The van der Waals surface area contributed by atoms with Gasteiger partial charge in [0, 0.05) is 22.5 Å². The normalized spacial score (nSPS) is 13.8. The van der Waals surface area contributed by atoms with E-state index in [9.17, 15) is 9.50 Å². The van der Waals surface area contributed by atoms with Crippen LogP contribution in [0.4, 0.5) is 4.39 Å². The van der Waals surface area contributed by atoms with Crippen molar-refractivity contribution in [2.45, 2.75) is 12.0 Å². The Hall–Kier alpha value is -1.43. The summed E-state index contributed by atoms with van der Waals surface area (Å²) in [5.41, 5.74) is 6.83. The molecule has 5 heteroatoms. The van der Waals surface area contributed by atoms with Gasteiger partial charge in [-0.3, -0.25) is 0 Å². The van der Waals surface area contributed by atoms with Crippen LogP contribution in [-0.2, 0) is 0 Å². The van der Waals surface area contributed by atoms with Crippen molar-refractivity contribution in [3.63, 3.8) is 0 Å². The van der Waals surface area contributed by atoms with Crippen LogP contribution >= 0.6 is 15.9 Å². The van der Waals surface area contributed by atoms with E-state index in [1.807, 2.05) is 18.2 Å². The first-order valence-electron chi connectivity index (χ1n) is 6.54. The predicted octanol–water partition coefficient (Wildman–Crippen LogP) is 3.37. The zero-order valence-corrected chi connectivity index (χ0v) is 13.2. The second-order valence-corrected chi connectivity index (χ2v) is 5.65. The van der Waals surface area contributed by atoms with Gasteiger partial charge in [0.15, 0.2) is 0 Å². The summed E-state index contributed by atoms with van der Waals surface area (Å²) in [6.07, 6.45) is -1.02. The van der Waals surface area contributed by atoms with Gasteiger partial charge in [-0.1, -0.05) is 34.1 Å². The van der Waals surface area contributed by atoms with Crippen LogP contribution in [0.2, 0.25) is 0 Å². The maximum Gasteiger partial charge on any atom is 0.130 e. The molecule has 0 aromatic heterocycles. The molecule has 21 heavy (non-hydrogen) atoms. The molecule has 2 unspecified atom stereocenters. The van der Waals surface area contributed by atoms with Gasteiger partial charge in [0.05, 0.1) is 13.2 Å². The fraction of sp³-hybridized carbons (Fsp3) is 0.250. The third-order valence-electron chi connectivity index (χ3n) is 3.44. The third kappa shape index (κ3) is 3.61. The summed E-state index contributed by atoms with van der Waals surface area (Å²) in [4.78, 5) is 0. The highest BCUT2D eigenvalue weighted by Crippen LogP contribution is 2.33. The molecule has 0 aliphatic rings. The van der Waals surface area contributed by atoms with Crippen molar-refractivity contribution in [2.24, 2.45) is 5.73 Å². The van der Waals surface area contributed by atoms with E-state index in [-0.39, 0.29) is 12.1 Å². The monoisotopic (exact) mass is 353 g/mol. The lowest BCUT2D eigenvalue weighted by atomic mass is 9.89. The summed E-state index contributed by atoms with van der Waals surface area (Å²) in [5, 5.41) is 10.5. The molecule has 0 aliphatic heterocycles. The zero-order valence-electron chi connectivity index (χ0n) is 11.6. The molecule has 0 spiro atoms. The van der Waals surface area contributed by atoms with Gasteiger partial charge in [0.1, 0.15) is 11.6 Å². The molecule has 2 atom stereocenters. The SMILES string of the molecule is COc1cccc(C(CN)C(O)c2ccc(Br)cc2F)c1. The van der Waals surface area contributed by atoms with Crippen LogP contribution in [0.15, 0.2) is 46.9 Å². The summed E-state index contributed by atoms with van der Waals surface area (Å²) >= 11 is 3.20. The van der Waals surface area contributed by atoms with E-state index in [2.05, 4.69) is 15.9 Å². The van der Waals surface area contributed by atoms with E-state index in [0.29, 0.717) is 10.2 Å². The Labute approximate surface area is 131 Å². The Balaban J connectivity index is 2.35. The summed E-state index contributed by atoms with van der Waals surface area (Å²) in [6, 6.07) is 11.9. The largest absolute Gasteiger partial charge is 0.497 e. The van der Waals surface area contributed by atoms with Crippen molar-refractivity contribution in [3.05, 3.63) is 63.9 Å². The molecule has 0 heterocycles. The Morgan fingerprint density at radius 2 is 2.05 bits per heavy atom. The molecule has 2 aromatic rings. The molecule has 3 nitrogen and oxygen atoms in total. The highest BCUT2D eigenvalue weighted by atomic mass is 79.9. The van der Waals surface area contributed by atoms with Gasteiger partial charge in [0.2, 0.25) is 0 Å². The first kappa shape index (κ1) is 15.9. The van der Waals surface area contributed by atoms with Crippen molar-refractivity contribution in [1.82, 2.24) is 0 Å². The van der Waals surface area contributed by atoms with Gasteiger partial charge in [-0.05, 0) is 29.8 Å². The number of benzene rings is 2. The molecule has 3 N–H and O–H groups in total. The average Bonchev–Trinajstić information content (AvgIpc) is 2.48. The van der Waals surface area contributed by atoms with E-state index >= 15 is 0 Å². The fourth-order valence-electron chi connectivity index (χ4n) is 2.28. The Morgan fingerprint density at radius 3 is 2.67 bits per heavy atom. The highest BCUT2D eigenvalue weighted by molar-refractivity contribution is 9.10. The lowest BCUT2D eigenvalue weighted by Crippen LogP contribution is -2.21. The topological polar surface area (TPSA) is 55.5 Å². The van der Waals surface area contributed by atoms with Gasteiger partial charge in [-0.25, -0.2) is 4.39 Å². The molecule has 0 fully saturated rings. The maximum atomic E-state index is 14.0. The number of rotatable bonds is 5. The Bertz CT molecular complexity index is 621.